The third kappa shape index (κ3) is 3.83. The Morgan fingerprint density at radius 3 is 2.46 bits per heavy atom. The molecule has 0 atom stereocenters. The van der Waals surface area contributed by atoms with E-state index in [1.165, 1.54) is 0 Å². The van der Waals surface area contributed by atoms with E-state index < -0.39 is 0 Å². The maximum Gasteiger partial charge on any atom is 0.272 e. The van der Waals surface area contributed by atoms with Crippen LogP contribution in [-0.4, -0.2) is 61.0 Å². The van der Waals surface area contributed by atoms with Crippen LogP contribution in [0.2, 0.25) is 0 Å². The average molecular weight is 326 g/mol. The van der Waals surface area contributed by atoms with Crippen molar-refractivity contribution >= 4 is 17.3 Å². The van der Waals surface area contributed by atoms with Crippen LogP contribution in [0.1, 0.15) is 10.5 Å². The molecule has 0 saturated carbocycles. The van der Waals surface area contributed by atoms with Gasteiger partial charge < -0.3 is 19.9 Å². The number of ether oxygens (including phenoxy) is 1. The number of carbonyl (C=O) groups is 1. The van der Waals surface area contributed by atoms with Crippen molar-refractivity contribution in [1.82, 2.24) is 14.8 Å². The first-order valence-corrected chi connectivity index (χ1v) is 8.00. The lowest BCUT2D eigenvalue weighted by molar-refractivity contribution is 0.0658. The highest BCUT2D eigenvalue weighted by Crippen LogP contribution is 2.20. The first-order valence-electron chi connectivity index (χ1n) is 8.00. The predicted molar refractivity (Wildman–Crippen MR) is 93.9 cm³/mol. The van der Waals surface area contributed by atoms with Gasteiger partial charge in [-0.05, 0) is 43.4 Å². The number of likely N-dealkylation sites (N-methyl/N-ethyl adjacent to an activating group) is 1. The number of hydrogen-bond donors (Lipinski definition) is 1. The Hall–Kier alpha value is -2.60. The molecule has 0 radical (unpaired) electrons. The first kappa shape index (κ1) is 16.3. The van der Waals surface area contributed by atoms with Crippen molar-refractivity contribution in [3.8, 4) is 5.75 Å². The van der Waals surface area contributed by atoms with Crippen LogP contribution in [0.25, 0.3) is 0 Å². The Kier molecular flexibility index (Phi) is 4.96. The minimum Gasteiger partial charge on any atom is -0.497 e. The molecular formula is C18H22N4O2. The fourth-order valence-corrected chi connectivity index (χ4v) is 2.64. The van der Waals surface area contributed by atoms with Crippen molar-refractivity contribution < 1.29 is 9.53 Å². The number of methoxy groups -OCH3 is 1. The fraction of sp³-hybridized carbons (Fsp3) is 0.333. The second kappa shape index (κ2) is 7.31. The molecule has 2 heterocycles. The number of aromatic nitrogens is 1. The van der Waals surface area contributed by atoms with E-state index in [4.69, 9.17) is 4.74 Å². The summed E-state index contributed by atoms with van der Waals surface area (Å²) < 4.78 is 5.15. The SMILES string of the molecule is COc1ccc(Nc2ccnc(C(=O)N3CCN(C)CC3)c2)cc1. The van der Waals surface area contributed by atoms with Gasteiger partial charge in [0.05, 0.1) is 7.11 Å². The van der Waals surface area contributed by atoms with Crippen molar-refractivity contribution in [2.45, 2.75) is 0 Å². The highest BCUT2D eigenvalue weighted by atomic mass is 16.5. The lowest BCUT2D eigenvalue weighted by Crippen LogP contribution is -2.47. The molecule has 3 rings (SSSR count). The number of amides is 1. The minimum absolute atomic E-state index is 0.0125. The molecule has 6 nitrogen and oxygen atoms in total. The Balaban J connectivity index is 1.70. The van der Waals surface area contributed by atoms with Gasteiger partial charge in [0.2, 0.25) is 0 Å². The number of nitrogens with one attached hydrogen (secondary N) is 1. The predicted octanol–water partition coefficient (Wildman–Crippen LogP) is 2.22. The van der Waals surface area contributed by atoms with Crippen molar-refractivity contribution in [3.05, 3.63) is 48.3 Å². The molecule has 2 aromatic rings. The summed E-state index contributed by atoms with van der Waals surface area (Å²) >= 11 is 0. The number of benzene rings is 1. The maximum absolute atomic E-state index is 12.6. The summed E-state index contributed by atoms with van der Waals surface area (Å²) in [6.45, 7) is 3.28. The Bertz CT molecular complexity index is 694. The summed E-state index contributed by atoms with van der Waals surface area (Å²) in [4.78, 5) is 20.9. The highest BCUT2D eigenvalue weighted by Gasteiger charge is 2.21. The zero-order valence-electron chi connectivity index (χ0n) is 14.0. The second-order valence-electron chi connectivity index (χ2n) is 5.88. The normalized spacial score (nSPS) is 15.2. The molecule has 0 aliphatic carbocycles. The molecule has 1 aliphatic rings. The lowest BCUT2D eigenvalue weighted by Gasteiger charge is -2.32. The zero-order chi connectivity index (χ0) is 16.9. The molecule has 0 spiro atoms. The monoisotopic (exact) mass is 326 g/mol. The molecule has 24 heavy (non-hydrogen) atoms. The van der Waals surface area contributed by atoms with Gasteiger partial charge in [-0.25, -0.2) is 0 Å². The molecular weight excluding hydrogens is 304 g/mol. The van der Waals surface area contributed by atoms with Crippen LogP contribution in [0.5, 0.6) is 5.75 Å². The number of pyridine rings is 1. The average Bonchev–Trinajstić information content (AvgIpc) is 2.63. The number of anilines is 2. The van der Waals surface area contributed by atoms with Crippen LogP contribution < -0.4 is 10.1 Å². The summed E-state index contributed by atoms with van der Waals surface area (Å²) in [7, 11) is 3.71. The zero-order valence-corrected chi connectivity index (χ0v) is 14.0. The molecule has 1 aromatic carbocycles. The Labute approximate surface area is 142 Å². The van der Waals surface area contributed by atoms with Crippen molar-refractivity contribution in [3.63, 3.8) is 0 Å². The van der Waals surface area contributed by atoms with Crippen molar-refractivity contribution in [2.24, 2.45) is 0 Å². The van der Waals surface area contributed by atoms with Crippen molar-refractivity contribution in [1.29, 1.82) is 0 Å². The van der Waals surface area contributed by atoms with Gasteiger partial charge in [0.1, 0.15) is 11.4 Å². The van der Waals surface area contributed by atoms with E-state index in [0.717, 1.165) is 43.3 Å². The van der Waals surface area contributed by atoms with E-state index >= 15 is 0 Å². The van der Waals surface area contributed by atoms with E-state index in [1.807, 2.05) is 35.2 Å². The molecule has 0 unspecified atom stereocenters. The molecule has 1 aliphatic heterocycles. The van der Waals surface area contributed by atoms with Crippen LogP contribution in [0.4, 0.5) is 11.4 Å². The molecule has 6 heteroatoms. The number of carbonyl (C=O) groups excluding carboxylic acids is 1. The molecule has 1 fully saturated rings. The molecule has 1 saturated heterocycles. The molecule has 0 bridgehead atoms. The van der Waals surface area contributed by atoms with Gasteiger partial charge in [-0.15, -0.1) is 0 Å². The third-order valence-electron chi connectivity index (χ3n) is 4.15. The van der Waals surface area contributed by atoms with E-state index in [1.54, 1.807) is 19.4 Å². The van der Waals surface area contributed by atoms with E-state index in [2.05, 4.69) is 22.2 Å². The third-order valence-corrected chi connectivity index (χ3v) is 4.15. The van der Waals surface area contributed by atoms with Crippen molar-refractivity contribution in [2.75, 3.05) is 45.7 Å². The topological polar surface area (TPSA) is 57.7 Å². The Morgan fingerprint density at radius 1 is 1.08 bits per heavy atom. The van der Waals surface area contributed by atoms with E-state index in [9.17, 15) is 4.79 Å². The number of nitrogens with zero attached hydrogens (tertiary/aromatic N) is 3. The molecule has 1 amide bonds. The van der Waals surface area contributed by atoms with Gasteiger partial charge >= 0.3 is 0 Å². The molecule has 126 valence electrons. The van der Waals surface area contributed by atoms with Gasteiger partial charge in [-0.1, -0.05) is 0 Å². The van der Waals surface area contributed by atoms with E-state index in [-0.39, 0.29) is 5.91 Å². The second-order valence-corrected chi connectivity index (χ2v) is 5.88. The van der Waals surface area contributed by atoms with Crippen LogP contribution in [-0.2, 0) is 0 Å². The molecule has 1 N–H and O–H groups in total. The van der Waals surface area contributed by atoms with Crippen LogP contribution >= 0.6 is 0 Å². The largest absolute Gasteiger partial charge is 0.497 e. The van der Waals surface area contributed by atoms with Gasteiger partial charge in [-0.2, -0.15) is 0 Å². The first-order chi connectivity index (χ1) is 11.7. The van der Waals surface area contributed by atoms with Gasteiger partial charge in [0, 0.05) is 43.8 Å². The number of piperazine rings is 1. The standard InChI is InChI=1S/C18H22N4O2/c1-21-9-11-22(12-10-21)18(23)17-13-15(7-8-19-17)20-14-3-5-16(24-2)6-4-14/h3-8,13H,9-12H2,1-2H3,(H,19,20). The minimum atomic E-state index is -0.0125. The number of rotatable bonds is 4. The number of hydrogen-bond acceptors (Lipinski definition) is 5. The summed E-state index contributed by atoms with van der Waals surface area (Å²) in [6, 6.07) is 11.3. The van der Waals surface area contributed by atoms with Crippen LogP contribution in [0, 0.1) is 0 Å². The smallest absolute Gasteiger partial charge is 0.272 e. The summed E-state index contributed by atoms with van der Waals surface area (Å²) in [5.41, 5.74) is 2.24. The maximum atomic E-state index is 12.6. The highest BCUT2D eigenvalue weighted by molar-refractivity contribution is 5.93. The van der Waals surface area contributed by atoms with Gasteiger partial charge in [-0.3, -0.25) is 9.78 Å². The fourth-order valence-electron chi connectivity index (χ4n) is 2.64. The van der Waals surface area contributed by atoms with E-state index in [0.29, 0.717) is 5.69 Å². The van der Waals surface area contributed by atoms with Crippen LogP contribution in [0.3, 0.4) is 0 Å². The Morgan fingerprint density at radius 2 is 1.79 bits per heavy atom. The summed E-state index contributed by atoms with van der Waals surface area (Å²) in [5.74, 6) is 0.794. The van der Waals surface area contributed by atoms with Gasteiger partial charge in [0.25, 0.3) is 5.91 Å². The summed E-state index contributed by atoms with van der Waals surface area (Å²) in [6.07, 6.45) is 1.66. The molecule has 1 aromatic heterocycles. The van der Waals surface area contributed by atoms with Gasteiger partial charge in [0.15, 0.2) is 0 Å². The quantitative estimate of drug-likeness (QED) is 0.934. The van der Waals surface area contributed by atoms with Crippen LogP contribution in [0.15, 0.2) is 42.6 Å². The lowest BCUT2D eigenvalue weighted by atomic mass is 10.2. The summed E-state index contributed by atoms with van der Waals surface area (Å²) in [5, 5.41) is 3.29.